The normalized spacial score (nSPS) is 14.1. The molecule has 0 spiro atoms. The summed E-state index contributed by atoms with van der Waals surface area (Å²) in [6.45, 7) is 4.28. The van der Waals surface area contributed by atoms with E-state index in [4.69, 9.17) is 23.3 Å². The highest BCUT2D eigenvalue weighted by atomic mass is 31.2. The summed E-state index contributed by atoms with van der Waals surface area (Å²) in [6.07, 6.45) is 69.4. The molecule has 0 bridgehead atoms. The summed E-state index contributed by atoms with van der Waals surface area (Å²) in [4.78, 5) is 48.5. The molecule has 0 aromatic carbocycles. The Morgan fingerprint density at radius 1 is 0.382 bits per heavy atom. The summed E-state index contributed by atoms with van der Waals surface area (Å²) in [5.74, 6) is -1.62. The lowest BCUT2D eigenvalue weighted by Gasteiger charge is -2.21. The van der Waals surface area contributed by atoms with Crippen LogP contribution in [0.5, 0.6) is 0 Å². The fraction of sp³-hybridized carbons (Fsp3) is 0.672. The molecule has 434 valence electrons. The summed E-state index contributed by atoms with van der Waals surface area (Å²) in [6, 6.07) is 0. The van der Waals surface area contributed by atoms with Crippen molar-refractivity contribution in [3.8, 4) is 0 Å². The van der Waals surface area contributed by atoms with Gasteiger partial charge in [0.2, 0.25) is 0 Å². The maximum absolute atomic E-state index is 12.9. The van der Waals surface area contributed by atoms with Crippen LogP contribution >= 0.6 is 7.82 Å². The van der Waals surface area contributed by atoms with E-state index in [0.29, 0.717) is 25.7 Å². The molecule has 0 saturated heterocycles. The van der Waals surface area contributed by atoms with Crippen LogP contribution in [0.4, 0.5) is 0 Å². The molecule has 0 aromatic heterocycles. The molecule has 76 heavy (non-hydrogen) atoms. The van der Waals surface area contributed by atoms with Crippen LogP contribution in [-0.2, 0) is 42.2 Å². The lowest BCUT2D eigenvalue weighted by atomic mass is 10.0. The highest BCUT2D eigenvalue weighted by molar-refractivity contribution is 7.47. The molecule has 3 atom stereocenters. The summed E-state index contributed by atoms with van der Waals surface area (Å²) in [7, 11) is -4.79. The highest BCUT2D eigenvalue weighted by Gasteiger charge is 2.28. The number of hydrogen-bond donors (Lipinski definition) is 2. The average molecular weight is 1080 g/mol. The summed E-state index contributed by atoms with van der Waals surface area (Å²) in [5, 5.41) is 9.79. The summed E-state index contributed by atoms with van der Waals surface area (Å²) in [5.41, 5.74) is 0. The highest BCUT2D eigenvalue weighted by Crippen LogP contribution is 2.43. The van der Waals surface area contributed by atoms with E-state index in [-0.39, 0.29) is 25.9 Å². The van der Waals surface area contributed by atoms with Gasteiger partial charge in [-0.2, -0.15) is 0 Å². The molecule has 11 nitrogen and oxygen atoms in total. The number of aliphatic hydroxyl groups is 1. The van der Waals surface area contributed by atoms with E-state index < -0.39 is 57.8 Å². The van der Waals surface area contributed by atoms with E-state index in [9.17, 15) is 28.9 Å². The number of esters is 3. The fourth-order valence-electron chi connectivity index (χ4n) is 7.76. The molecule has 0 aromatic rings. The van der Waals surface area contributed by atoms with Gasteiger partial charge < -0.3 is 24.2 Å². The largest absolute Gasteiger partial charge is 0.472 e. The number of carbonyl (C=O) groups is 3. The Hall–Kier alpha value is -3.86. The van der Waals surface area contributed by atoms with Crippen LogP contribution in [-0.4, -0.2) is 66.5 Å². The molecule has 0 fully saturated rings. The standard InChI is InChI=1S/C64H107O11P/c1-4-7-10-13-16-19-22-25-27-29-30-32-33-36-38-41-44-47-50-53-62(66)71-57-61(75-64(68)55-52-49-46-43-40-37-34-31-28-26-23-20-17-14-11-8-5-2)59-73-76(69,70)72-58-60(56-65)74-63(67)54-51-48-45-42-39-35-24-21-18-15-12-9-6-3/h8-9,11-12,17-18,20-21,26,28,34-35,37,39,43,45-46,48,60-61,65H,4-7,10,13-16,19,22-25,27,29-33,36,38,40-42,44,47,49-59H2,1-3H3,(H,69,70)/b11-8-,12-9-,20-17-,21-18-,28-26-,37-34-,39-35-,46-43-,48-45-. The topological polar surface area (TPSA) is 155 Å². The number of hydrogen-bond acceptors (Lipinski definition) is 10. The smallest absolute Gasteiger partial charge is 0.462 e. The van der Waals surface area contributed by atoms with E-state index in [1.54, 1.807) is 0 Å². The van der Waals surface area contributed by atoms with Gasteiger partial charge in [0.05, 0.1) is 19.8 Å². The molecule has 0 aliphatic heterocycles. The van der Waals surface area contributed by atoms with Gasteiger partial charge in [0.1, 0.15) is 12.7 Å². The number of rotatable bonds is 54. The van der Waals surface area contributed by atoms with E-state index in [0.717, 1.165) is 77.0 Å². The quantitative estimate of drug-likeness (QED) is 0.0197. The van der Waals surface area contributed by atoms with Crippen LogP contribution in [0.25, 0.3) is 0 Å². The lowest BCUT2D eigenvalue weighted by molar-refractivity contribution is -0.161. The lowest BCUT2D eigenvalue weighted by Crippen LogP contribution is -2.30. The van der Waals surface area contributed by atoms with Gasteiger partial charge in [0.15, 0.2) is 6.10 Å². The van der Waals surface area contributed by atoms with Crippen molar-refractivity contribution in [2.24, 2.45) is 0 Å². The van der Waals surface area contributed by atoms with Crippen molar-refractivity contribution in [1.82, 2.24) is 0 Å². The van der Waals surface area contributed by atoms with Gasteiger partial charge in [-0.1, -0.05) is 246 Å². The van der Waals surface area contributed by atoms with Gasteiger partial charge in [0.25, 0.3) is 0 Å². The minimum atomic E-state index is -4.79. The second-order valence-electron chi connectivity index (χ2n) is 19.4. The molecule has 0 aliphatic carbocycles. The second kappa shape index (κ2) is 57.3. The number of carbonyl (C=O) groups excluding carboxylic acids is 3. The minimum absolute atomic E-state index is 0.0473. The molecule has 0 radical (unpaired) electrons. The van der Waals surface area contributed by atoms with Crippen LogP contribution in [0.15, 0.2) is 109 Å². The average Bonchev–Trinajstić information content (AvgIpc) is 3.41. The Morgan fingerprint density at radius 3 is 1.12 bits per heavy atom. The van der Waals surface area contributed by atoms with Gasteiger partial charge in [-0.15, -0.1) is 0 Å². The van der Waals surface area contributed by atoms with Crippen LogP contribution in [0.2, 0.25) is 0 Å². The van der Waals surface area contributed by atoms with Gasteiger partial charge in [-0.05, 0) is 83.5 Å². The van der Waals surface area contributed by atoms with E-state index in [2.05, 4.69) is 99.8 Å². The van der Waals surface area contributed by atoms with Gasteiger partial charge >= 0.3 is 25.7 Å². The van der Waals surface area contributed by atoms with Crippen LogP contribution < -0.4 is 0 Å². The number of allylic oxidation sites excluding steroid dienone is 18. The van der Waals surface area contributed by atoms with E-state index >= 15 is 0 Å². The van der Waals surface area contributed by atoms with Crippen molar-refractivity contribution in [2.45, 2.75) is 251 Å². The zero-order chi connectivity index (χ0) is 55.5. The molecule has 0 amide bonds. The van der Waals surface area contributed by atoms with Crippen molar-refractivity contribution in [3.63, 3.8) is 0 Å². The number of phosphoric ester groups is 1. The van der Waals surface area contributed by atoms with Crippen molar-refractivity contribution in [3.05, 3.63) is 109 Å². The number of aliphatic hydroxyl groups excluding tert-OH is 1. The molecule has 0 aliphatic rings. The third-order valence-electron chi connectivity index (χ3n) is 12.2. The zero-order valence-electron chi connectivity index (χ0n) is 47.9. The molecular formula is C64H107O11P. The monoisotopic (exact) mass is 1080 g/mol. The molecule has 2 N–H and O–H groups in total. The van der Waals surface area contributed by atoms with Gasteiger partial charge in [0, 0.05) is 19.3 Å². The van der Waals surface area contributed by atoms with Crippen molar-refractivity contribution < 1.29 is 52.2 Å². The first-order chi connectivity index (χ1) is 37.2. The van der Waals surface area contributed by atoms with Gasteiger partial charge in [-0.3, -0.25) is 23.4 Å². The Bertz CT molecular complexity index is 1690. The maximum Gasteiger partial charge on any atom is 0.472 e. The first-order valence-corrected chi connectivity index (χ1v) is 31.3. The Labute approximate surface area is 463 Å². The zero-order valence-corrected chi connectivity index (χ0v) is 48.8. The van der Waals surface area contributed by atoms with Crippen LogP contribution in [0.1, 0.15) is 239 Å². The SMILES string of the molecule is CC/C=C\C/C=C\C/C=C\C/C=C\C/C=C\CCCC(=O)OC(COC(=O)CCCCCCCCCCCCCCCCCCCCC)COP(=O)(O)OCC(CO)OC(=O)CC/C=C\C/C=C\C/C=C\C/C=C\CC. The minimum Gasteiger partial charge on any atom is -0.462 e. The Balaban J connectivity index is 4.83. The first-order valence-electron chi connectivity index (χ1n) is 29.8. The predicted octanol–water partition coefficient (Wildman–Crippen LogP) is 17.8. The molecule has 0 heterocycles. The summed E-state index contributed by atoms with van der Waals surface area (Å²) < 4.78 is 39.4. The first kappa shape index (κ1) is 72.1. The molecule has 12 heteroatoms. The summed E-state index contributed by atoms with van der Waals surface area (Å²) >= 11 is 0. The van der Waals surface area contributed by atoms with E-state index in [1.807, 2.05) is 30.4 Å². The van der Waals surface area contributed by atoms with Crippen molar-refractivity contribution in [1.29, 1.82) is 0 Å². The Kier molecular flexibility index (Phi) is 54.4. The van der Waals surface area contributed by atoms with Crippen LogP contribution in [0, 0.1) is 0 Å². The van der Waals surface area contributed by atoms with Crippen molar-refractivity contribution in [2.75, 3.05) is 26.4 Å². The fourth-order valence-corrected chi connectivity index (χ4v) is 8.54. The number of ether oxygens (including phenoxy) is 3. The molecule has 0 rings (SSSR count). The van der Waals surface area contributed by atoms with Crippen molar-refractivity contribution >= 4 is 25.7 Å². The number of unbranched alkanes of at least 4 members (excludes halogenated alkanes) is 19. The molecule has 3 unspecified atom stereocenters. The Morgan fingerprint density at radius 2 is 0.711 bits per heavy atom. The van der Waals surface area contributed by atoms with E-state index in [1.165, 1.54) is 96.3 Å². The van der Waals surface area contributed by atoms with Gasteiger partial charge in [-0.25, -0.2) is 4.57 Å². The molecule has 0 saturated carbocycles. The third-order valence-corrected chi connectivity index (χ3v) is 13.2. The molecular weight excluding hydrogens is 976 g/mol. The second-order valence-corrected chi connectivity index (χ2v) is 20.9. The predicted molar refractivity (Wildman–Crippen MR) is 316 cm³/mol. The maximum atomic E-state index is 12.9. The number of phosphoric acid groups is 1. The van der Waals surface area contributed by atoms with Crippen LogP contribution in [0.3, 0.4) is 0 Å². The third kappa shape index (κ3) is 54.9.